The molecule has 1 saturated heterocycles. The molecule has 2 heterocycles. The van der Waals surface area contributed by atoms with Crippen LogP contribution in [0.15, 0.2) is 41.6 Å². The van der Waals surface area contributed by atoms with Gasteiger partial charge in [0.1, 0.15) is 11.5 Å². The Bertz CT molecular complexity index is 782. The minimum atomic E-state index is -3.75. The van der Waals surface area contributed by atoms with Gasteiger partial charge in [-0.25, -0.2) is 17.5 Å². The number of morpholine rings is 1. The third kappa shape index (κ3) is 3.15. The first-order chi connectivity index (χ1) is 10.9. The molecule has 0 N–H and O–H groups in total. The molecule has 6 nitrogen and oxygen atoms in total. The van der Waals surface area contributed by atoms with Crippen LogP contribution >= 0.6 is 0 Å². The van der Waals surface area contributed by atoms with E-state index in [0.29, 0.717) is 0 Å². The van der Waals surface area contributed by atoms with E-state index in [4.69, 9.17) is 4.74 Å². The predicted octanol–water partition coefficient (Wildman–Crippen LogP) is 1.81. The first-order valence-corrected chi connectivity index (χ1v) is 8.77. The summed E-state index contributed by atoms with van der Waals surface area (Å²) in [6.07, 6.45) is 2.74. The number of nitrogens with zero attached hydrogens (tertiary/aromatic N) is 3. The molecule has 3 rings (SSSR count). The highest BCUT2D eigenvalue weighted by Crippen LogP contribution is 2.23. The standard InChI is InChI=1S/C15H18FN3O3S/c1-11-9-18(10-12(2)22-11)23(20,21)13-4-5-15(14(16)8-13)19-7-3-6-17-19/h3-8,11-12H,9-10H2,1-2H3. The summed E-state index contributed by atoms with van der Waals surface area (Å²) >= 11 is 0. The van der Waals surface area contributed by atoms with Crippen molar-refractivity contribution < 1.29 is 17.5 Å². The summed E-state index contributed by atoms with van der Waals surface area (Å²) in [5.74, 6) is -0.635. The summed E-state index contributed by atoms with van der Waals surface area (Å²) in [6.45, 7) is 4.16. The molecular formula is C15H18FN3O3S. The summed E-state index contributed by atoms with van der Waals surface area (Å²) in [5, 5.41) is 3.95. The minimum Gasteiger partial charge on any atom is -0.373 e. The van der Waals surface area contributed by atoms with Gasteiger partial charge in [-0.3, -0.25) is 0 Å². The van der Waals surface area contributed by atoms with E-state index in [1.54, 1.807) is 12.3 Å². The number of aromatic nitrogens is 2. The van der Waals surface area contributed by atoms with Crippen LogP contribution in [0.4, 0.5) is 4.39 Å². The lowest BCUT2D eigenvalue weighted by Crippen LogP contribution is -2.48. The van der Waals surface area contributed by atoms with Crippen LogP contribution in [0, 0.1) is 5.82 Å². The molecule has 23 heavy (non-hydrogen) atoms. The molecule has 0 spiro atoms. The van der Waals surface area contributed by atoms with Gasteiger partial charge in [0.05, 0.1) is 17.1 Å². The average molecular weight is 339 g/mol. The highest BCUT2D eigenvalue weighted by molar-refractivity contribution is 7.89. The first kappa shape index (κ1) is 16.1. The normalized spacial score (nSPS) is 23.1. The van der Waals surface area contributed by atoms with Gasteiger partial charge < -0.3 is 4.74 Å². The van der Waals surface area contributed by atoms with E-state index in [1.165, 1.54) is 27.3 Å². The number of sulfonamides is 1. The smallest absolute Gasteiger partial charge is 0.243 e. The van der Waals surface area contributed by atoms with Crippen molar-refractivity contribution in [2.24, 2.45) is 0 Å². The molecule has 2 atom stereocenters. The van der Waals surface area contributed by atoms with Crippen molar-refractivity contribution >= 4 is 10.0 Å². The lowest BCUT2D eigenvalue weighted by molar-refractivity contribution is -0.0440. The zero-order valence-electron chi connectivity index (χ0n) is 12.9. The highest BCUT2D eigenvalue weighted by Gasteiger charge is 2.32. The Kier molecular flexibility index (Phi) is 4.22. The maximum Gasteiger partial charge on any atom is 0.243 e. The molecule has 0 saturated carbocycles. The summed E-state index contributed by atoms with van der Waals surface area (Å²) in [7, 11) is -3.75. The Hall–Kier alpha value is -1.77. The maximum atomic E-state index is 14.3. The molecule has 2 aromatic rings. The molecule has 8 heteroatoms. The SMILES string of the molecule is CC1CN(S(=O)(=O)c2ccc(-n3cccn3)c(F)c2)CC(C)O1. The Morgan fingerprint density at radius 2 is 1.96 bits per heavy atom. The molecule has 1 aromatic carbocycles. The second kappa shape index (κ2) is 6.03. The van der Waals surface area contributed by atoms with Gasteiger partial charge in [0.25, 0.3) is 0 Å². The van der Waals surface area contributed by atoms with Gasteiger partial charge in [-0.2, -0.15) is 9.40 Å². The number of benzene rings is 1. The van der Waals surface area contributed by atoms with Gasteiger partial charge in [0.2, 0.25) is 10.0 Å². The molecule has 0 amide bonds. The molecule has 0 bridgehead atoms. The third-order valence-electron chi connectivity index (χ3n) is 3.69. The molecule has 2 unspecified atom stereocenters. The quantitative estimate of drug-likeness (QED) is 0.855. The maximum absolute atomic E-state index is 14.3. The number of hydrogen-bond donors (Lipinski definition) is 0. The average Bonchev–Trinajstić information content (AvgIpc) is 3.00. The molecule has 124 valence electrons. The molecule has 0 aliphatic carbocycles. The minimum absolute atomic E-state index is 0.0628. The van der Waals surface area contributed by atoms with E-state index >= 15 is 0 Å². The van der Waals surface area contributed by atoms with Crippen LogP contribution in [0.5, 0.6) is 0 Å². The van der Waals surface area contributed by atoms with Crippen molar-refractivity contribution in [1.82, 2.24) is 14.1 Å². The van der Waals surface area contributed by atoms with Gasteiger partial charge in [-0.05, 0) is 38.1 Å². The molecule has 1 aromatic heterocycles. The summed E-state index contributed by atoms with van der Waals surface area (Å²) in [6, 6.07) is 5.53. The van der Waals surface area contributed by atoms with Crippen LogP contribution in [0.3, 0.4) is 0 Å². The van der Waals surface area contributed by atoms with E-state index in [2.05, 4.69) is 5.10 Å². The third-order valence-corrected chi connectivity index (χ3v) is 5.52. The molecule has 0 radical (unpaired) electrons. The van der Waals surface area contributed by atoms with E-state index in [1.807, 2.05) is 13.8 Å². The first-order valence-electron chi connectivity index (χ1n) is 7.33. The summed E-state index contributed by atoms with van der Waals surface area (Å²) < 4.78 is 48.0. The Morgan fingerprint density at radius 1 is 1.26 bits per heavy atom. The fourth-order valence-electron chi connectivity index (χ4n) is 2.72. The number of rotatable bonds is 3. The largest absolute Gasteiger partial charge is 0.373 e. The van der Waals surface area contributed by atoms with Gasteiger partial charge >= 0.3 is 0 Å². The van der Waals surface area contributed by atoms with Crippen LogP contribution in [0.25, 0.3) is 5.69 Å². The summed E-state index contributed by atoms with van der Waals surface area (Å²) in [4.78, 5) is -0.0628. The number of halogens is 1. The van der Waals surface area contributed by atoms with Gasteiger partial charge in [0.15, 0.2) is 0 Å². The Labute approximate surface area is 134 Å². The molecule has 1 aliphatic heterocycles. The van der Waals surface area contributed by atoms with E-state index in [-0.39, 0.29) is 35.9 Å². The highest BCUT2D eigenvalue weighted by atomic mass is 32.2. The van der Waals surface area contributed by atoms with Crippen molar-refractivity contribution in [2.75, 3.05) is 13.1 Å². The van der Waals surface area contributed by atoms with E-state index < -0.39 is 15.8 Å². The Balaban J connectivity index is 1.93. The van der Waals surface area contributed by atoms with Gasteiger partial charge in [-0.15, -0.1) is 0 Å². The fourth-order valence-corrected chi connectivity index (χ4v) is 4.32. The monoisotopic (exact) mass is 339 g/mol. The van der Waals surface area contributed by atoms with E-state index in [0.717, 1.165) is 6.07 Å². The van der Waals surface area contributed by atoms with Crippen LogP contribution in [-0.2, 0) is 14.8 Å². The van der Waals surface area contributed by atoms with Crippen molar-refractivity contribution in [1.29, 1.82) is 0 Å². The van der Waals surface area contributed by atoms with Crippen molar-refractivity contribution in [2.45, 2.75) is 31.0 Å². The second-order valence-corrected chi connectivity index (χ2v) is 7.58. The van der Waals surface area contributed by atoms with Crippen molar-refractivity contribution in [3.8, 4) is 5.69 Å². The Morgan fingerprint density at radius 3 is 2.52 bits per heavy atom. The lowest BCUT2D eigenvalue weighted by atomic mass is 10.3. The van der Waals surface area contributed by atoms with Crippen LogP contribution in [0.2, 0.25) is 0 Å². The van der Waals surface area contributed by atoms with Gasteiger partial charge in [-0.1, -0.05) is 0 Å². The van der Waals surface area contributed by atoms with Crippen molar-refractivity contribution in [3.63, 3.8) is 0 Å². The zero-order valence-corrected chi connectivity index (χ0v) is 13.7. The molecule has 1 aliphatic rings. The second-order valence-electron chi connectivity index (χ2n) is 5.64. The van der Waals surface area contributed by atoms with Crippen molar-refractivity contribution in [3.05, 3.63) is 42.5 Å². The van der Waals surface area contributed by atoms with Gasteiger partial charge in [0, 0.05) is 25.5 Å². The topological polar surface area (TPSA) is 64.4 Å². The van der Waals surface area contributed by atoms with Crippen LogP contribution in [0.1, 0.15) is 13.8 Å². The molecular weight excluding hydrogens is 321 g/mol. The van der Waals surface area contributed by atoms with Crippen LogP contribution < -0.4 is 0 Å². The number of ether oxygens (including phenoxy) is 1. The lowest BCUT2D eigenvalue weighted by Gasteiger charge is -2.34. The molecule has 1 fully saturated rings. The predicted molar refractivity (Wildman–Crippen MR) is 82.3 cm³/mol. The number of hydrogen-bond acceptors (Lipinski definition) is 4. The fraction of sp³-hybridized carbons (Fsp3) is 0.400. The van der Waals surface area contributed by atoms with Crippen LogP contribution in [-0.4, -0.2) is 47.8 Å². The zero-order chi connectivity index (χ0) is 16.6. The van der Waals surface area contributed by atoms with E-state index in [9.17, 15) is 12.8 Å². The summed E-state index contributed by atoms with van der Waals surface area (Å²) in [5.41, 5.74) is 0.206.